The summed E-state index contributed by atoms with van der Waals surface area (Å²) in [5.74, 6) is 2.87. The van der Waals surface area contributed by atoms with Crippen LogP contribution in [-0.2, 0) is 0 Å². The summed E-state index contributed by atoms with van der Waals surface area (Å²) in [4.78, 5) is 12.3. The second kappa shape index (κ2) is 9.96. The molecule has 0 saturated carbocycles. The molecule has 1 atom stereocenters. The fourth-order valence-electron chi connectivity index (χ4n) is 4.29. The lowest BCUT2D eigenvalue weighted by atomic mass is 10.0. The summed E-state index contributed by atoms with van der Waals surface area (Å²) < 4.78 is 11.0. The Kier molecular flexibility index (Phi) is 6.87. The van der Waals surface area contributed by atoms with Crippen molar-refractivity contribution in [3.8, 4) is 22.9 Å². The van der Waals surface area contributed by atoms with Crippen molar-refractivity contribution in [1.82, 2.24) is 14.9 Å². The summed E-state index contributed by atoms with van der Waals surface area (Å²) >= 11 is 0. The summed E-state index contributed by atoms with van der Waals surface area (Å²) in [7, 11) is 3.29. The second-order valence-electron chi connectivity index (χ2n) is 8.15. The van der Waals surface area contributed by atoms with Crippen LogP contribution in [0, 0.1) is 0 Å². The maximum atomic E-state index is 5.52. The molecule has 2 heterocycles. The van der Waals surface area contributed by atoms with Crippen LogP contribution in [0.3, 0.4) is 0 Å². The van der Waals surface area contributed by atoms with Crippen LogP contribution in [0.4, 0.5) is 5.82 Å². The van der Waals surface area contributed by atoms with Gasteiger partial charge in [-0.3, -0.25) is 0 Å². The van der Waals surface area contributed by atoms with Gasteiger partial charge in [-0.1, -0.05) is 36.8 Å². The van der Waals surface area contributed by atoms with E-state index in [4.69, 9.17) is 19.4 Å². The van der Waals surface area contributed by atoms with Gasteiger partial charge in [-0.15, -0.1) is 0 Å². The minimum atomic E-state index is 0.665. The Morgan fingerprint density at radius 1 is 1.03 bits per heavy atom. The lowest BCUT2D eigenvalue weighted by molar-refractivity contribution is 0.160. The molecular formula is C25H32N4O2. The van der Waals surface area contributed by atoms with E-state index in [1.807, 2.05) is 42.5 Å². The van der Waals surface area contributed by atoms with Crippen molar-refractivity contribution in [3.63, 3.8) is 0 Å². The average Bonchev–Trinajstić information content (AvgIpc) is 2.82. The quantitative estimate of drug-likeness (QED) is 0.518. The number of nitrogens with one attached hydrogen (secondary N) is 1. The van der Waals surface area contributed by atoms with Crippen molar-refractivity contribution in [1.29, 1.82) is 0 Å². The molecule has 164 valence electrons. The average molecular weight is 421 g/mol. The number of benzene rings is 2. The van der Waals surface area contributed by atoms with Crippen LogP contribution < -0.4 is 14.8 Å². The monoisotopic (exact) mass is 420 g/mol. The zero-order valence-electron chi connectivity index (χ0n) is 18.7. The molecule has 2 aromatic carbocycles. The highest BCUT2D eigenvalue weighted by Crippen LogP contribution is 2.35. The van der Waals surface area contributed by atoms with E-state index < -0.39 is 0 Å². The van der Waals surface area contributed by atoms with E-state index in [9.17, 15) is 0 Å². The molecule has 0 radical (unpaired) electrons. The van der Waals surface area contributed by atoms with E-state index >= 15 is 0 Å². The molecule has 0 spiro atoms. The molecule has 1 unspecified atom stereocenters. The van der Waals surface area contributed by atoms with Crippen molar-refractivity contribution < 1.29 is 9.47 Å². The first-order valence-corrected chi connectivity index (χ1v) is 11.2. The predicted molar refractivity (Wildman–Crippen MR) is 126 cm³/mol. The van der Waals surface area contributed by atoms with Crippen molar-refractivity contribution in [2.24, 2.45) is 0 Å². The minimum Gasteiger partial charge on any atom is -0.493 e. The smallest absolute Gasteiger partial charge is 0.162 e. The van der Waals surface area contributed by atoms with E-state index in [0.29, 0.717) is 23.4 Å². The number of hydrogen-bond acceptors (Lipinski definition) is 6. The summed E-state index contributed by atoms with van der Waals surface area (Å²) in [5, 5.41) is 4.50. The number of methoxy groups -OCH3 is 2. The van der Waals surface area contributed by atoms with Crippen molar-refractivity contribution >= 4 is 16.7 Å². The van der Waals surface area contributed by atoms with Gasteiger partial charge >= 0.3 is 0 Å². The zero-order chi connectivity index (χ0) is 21.6. The molecule has 1 aliphatic heterocycles. The van der Waals surface area contributed by atoms with Gasteiger partial charge in [0.05, 0.1) is 19.7 Å². The van der Waals surface area contributed by atoms with Crippen molar-refractivity contribution in [2.45, 2.75) is 38.6 Å². The molecule has 6 heteroatoms. The number of likely N-dealkylation sites (tertiary alicyclic amines) is 1. The van der Waals surface area contributed by atoms with E-state index in [1.54, 1.807) is 14.2 Å². The Morgan fingerprint density at radius 2 is 1.81 bits per heavy atom. The molecule has 1 aromatic heterocycles. The zero-order valence-corrected chi connectivity index (χ0v) is 18.7. The number of ether oxygens (including phenoxy) is 2. The molecule has 3 aromatic rings. The normalized spacial score (nSPS) is 16.9. The highest BCUT2D eigenvalue weighted by molar-refractivity contribution is 5.93. The van der Waals surface area contributed by atoms with Crippen molar-refractivity contribution in [3.05, 3.63) is 42.5 Å². The lowest BCUT2D eigenvalue weighted by Gasteiger charge is -2.33. The van der Waals surface area contributed by atoms with E-state index in [0.717, 1.165) is 41.8 Å². The van der Waals surface area contributed by atoms with E-state index in [2.05, 4.69) is 17.1 Å². The van der Waals surface area contributed by atoms with Crippen LogP contribution in [0.1, 0.15) is 32.6 Å². The highest BCUT2D eigenvalue weighted by Gasteiger charge is 2.18. The van der Waals surface area contributed by atoms with E-state index in [1.165, 1.54) is 25.8 Å². The Morgan fingerprint density at radius 3 is 2.55 bits per heavy atom. The number of fused-ring (bicyclic) bond motifs is 1. The first-order valence-electron chi connectivity index (χ1n) is 11.2. The second-order valence-corrected chi connectivity index (χ2v) is 8.15. The van der Waals surface area contributed by atoms with Crippen LogP contribution in [-0.4, -0.2) is 54.8 Å². The van der Waals surface area contributed by atoms with Gasteiger partial charge in [-0.25, -0.2) is 9.97 Å². The molecule has 1 N–H and O–H groups in total. The van der Waals surface area contributed by atoms with Gasteiger partial charge in [-0.05, 0) is 38.8 Å². The van der Waals surface area contributed by atoms with Crippen LogP contribution in [0.5, 0.6) is 11.5 Å². The maximum Gasteiger partial charge on any atom is 0.162 e. The first-order chi connectivity index (χ1) is 15.2. The molecule has 1 fully saturated rings. The van der Waals surface area contributed by atoms with Gasteiger partial charge in [0, 0.05) is 36.1 Å². The summed E-state index contributed by atoms with van der Waals surface area (Å²) in [6.07, 6.45) is 5.06. The maximum absolute atomic E-state index is 5.52. The molecular weight excluding hydrogens is 388 g/mol. The van der Waals surface area contributed by atoms with Crippen LogP contribution >= 0.6 is 0 Å². The fraction of sp³-hybridized carbons (Fsp3) is 0.440. The first kappa shape index (κ1) is 21.4. The number of hydrogen-bond donors (Lipinski definition) is 1. The molecule has 1 saturated heterocycles. The molecule has 0 aliphatic carbocycles. The standard InChI is InChI=1S/C25H32N4O2/c1-18-10-7-8-14-29(18)15-9-13-26-25-20-16-22(30-2)23(31-3)17-21(20)27-24(28-25)19-11-5-4-6-12-19/h4-6,11-12,16-18H,7-10,13-15H2,1-3H3,(H,26,27,28). The molecule has 4 rings (SSSR count). The third-order valence-corrected chi connectivity index (χ3v) is 6.09. The Balaban J connectivity index is 1.60. The Labute approximate surface area is 184 Å². The third-order valence-electron chi connectivity index (χ3n) is 6.09. The number of aromatic nitrogens is 2. The summed E-state index contributed by atoms with van der Waals surface area (Å²) in [5.41, 5.74) is 1.82. The van der Waals surface area contributed by atoms with Gasteiger partial charge in [-0.2, -0.15) is 0 Å². The Bertz CT molecular complexity index is 1010. The molecule has 1 aliphatic rings. The number of nitrogens with zero attached hydrogens (tertiary/aromatic N) is 3. The van der Waals surface area contributed by atoms with Gasteiger partial charge in [0.2, 0.25) is 0 Å². The molecule has 31 heavy (non-hydrogen) atoms. The fourth-order valence-corrected chi connectivity index (χ4v) is 4.29. The van der Waals surface area contributed by atoms with Crippen LogP contribution in [0.25, 0.3) is 22.3 Å². The Hall–Kier alpha value is -2.86. The SMILES string of the molecule is COc1cc2nc(-c3ccccc3)nc(NCCCN3CCCCC3C)c2cc1OC. The topological polar surface area (TPSA) is 59.5 Å². The predicted octanol–water partition coefficient (Wildman–Crippen LogP) is 4.99. The lowest BCUT2D eigenvalue weighted by Crippen LogP contribution is -2.38. The molecule has 0 amide bonds. The highest BCUT2D eigenvalue weighted by atomic mass is 16.5. The molecule has 6 nitrogen and oxygen atoms in total. The van der Waals surface area contributed by atoms with Gasteiger partial charge in [0.1, 0.15) is 5.82 Å². The number of anilines is 1. The summed E-state index contributed by atoms with van der Waals surface area (Å²) in [6.45, 7) is 5.53. The largest absolute Gasteiger partial charge is 0.493 e. The number of piperidine rings is 1. The summed E-state index contributed by atoms with van der Waals surface area (Å²) in [6, 6.07) is 14.6. The minimum absolute atomic E-state index is 0.665. The van der Waals surface area contributed by atoms with Gasteiger partial charge in [0.25, 0.3) is 0 Å². The van der Waals surface area contributed by atoms with E-state index in [-0.39, 0.29) is 0 Å². The van der Waals surface area contributed by atoms with Crippen molar-refractivity contribution in [2.75, 3.05) is 39.2 Å². The van der Waals surface area contributed by atoms with Gasteiger partial charge in [0.15, 0.2) is 17.3 Å². The van der Waals surface area contributed by atoms with Gasteiger partial charge < -0.3 is 19.7 Å². The van der Waals surface area contributed by atoms with Crippen LogP contribution in [0.2, 0.25) is 0 Å². The number of rotatable bonds is 8. The third kappa shape index (κ3) is 4.90. The van der Waals surface area contributed by atoms with Crippen LogP contribution in [0.15, 0.2) is 42.5 Å². The molecule has 0 bridgehead atoms.